The molecule has 0 saturated carbocycles. The van der Waals surface area contributed by atoms with Gasteiger partial charge in [0.15, 0.2) is 0 Å². The van der Waals surface area contributed by atoms with E-state index in [1.807, 2.05) is 12.1 Å². The van der Waals surface area contributed by atoms with Crippen LogP contribution in [0.4, 0.5) is 16.0 Å². The van der Waals surface area contributed by atoms with Gasteiger partial charge in [0, 0.05) is 37.0 Å². The number of halogens is 1. The summed E-state index contributed by atoms with van der Waals surface area (Å²) in [5.74, 6) is 1.83. The molecule has 1 aromatic carbocycles. The van der Waals surface area contributed by atoms with E-state index in [1.165, 1.54) is 24.9 Å². The van der Waals surface area contributed by atoms with E-state index >= 15 is 0 Å². The molecule has 0 unspecified atom stereocenters. The van der Waals surface area contributed by atoms with E-state index in [2.05, 4.69) is 25.2 Å². The van der Waals surface area contributed by atoms with Crippen molar-refractivity contribution in [3.63, 3.8) is 0 Å². The normalized spacial score (nSPS) is 14.1. The van der Waals surface area contributed by atoms with Crippen LogP contribution in [0.15, 0.2) is 53.3 Å². The second-order valence-corrected chi connectivity index (χ2v) is 7.82. The molecule has 1 fully saturated rings. The first-order valence-electron chi connectivity index (χ1n) is 10.8. The second-order valence-electron chi connectivity index (χ2n) is 7.82. The molecular formula is C24H24FN5O2. The zero-order valence-corrected chi connectivity index (χ0v) is 17.6. The van der Waals surface area contributed by atoms with E-state index in [1.54, 1.807) is 18.3 Å². The van der Waals surface area contributed by atoms with Crippen LogP contribution >= 0.6 is 0 Å². The number of hydrogen-bond acceptors (Lipinski definition) is 7. The standard InChI is InChI=1S/C24H24FN5O2/c25-18-7-4-16(5-8-18)20-21-23(30-11-2-1-3-12-30)28-15-29-24(21)32-22(20)17-6-9-19(27-14-17)26-10-13-31/h4-9,14-15,31H,1-3,10-13H2,(H,26,27). The minimum Gasteiger partial charge on any atom is -0.437 e. The number of furan rings is 1. The number of pyridine rings is 1. The van der Waals surface area contributed by atoms with Gasteiger partial charge < -0.3 is 19.7 Å². The third-order valence-corrected chi connectivity index (χ3v) is 5.70. The average Bonchev–Trinajstić information content (AvgIpc) is 3.24. The molecule has 2 N–H and O–H groups in total. The fraction of sp³-hybridized carbons (Fsp3) is 0.292. The lowest BCUT2D eigenvalue weighted by Crippen LogP contribution is -2.30. The number of aromatic nitrogens is 3. The lowest BCUT2D eigenvalue weighted by atomic mass is 9.99. The predicted molar refractivity (Wildman–Crippen MR) is 122 cm³/mol. The van der Waals surface area contributed by atoms with Crippen molar-refractivity contribution in [2.24, 2.45) is 0 Å². The Morgan fingerprint density at radius 1 is 0.969 bits per heavy atom. The summed E-state index contributed by atoms with van der Waals surface area (Å²) in [6, 6.07) is 10.1. The summed E-state index contributed by atoms with van der Waals surface area (Å²) in [6.45, 7) is 2.32. The van der Waals surface area contributed by atoms with Crippen LogP contribution < -0.4 is 10.2 Å². The molecule has 1 saturated heterocycles. The Labute approximate surface area is 184 Å². The number of rotatable bonds is 6. The number of benzene rings is 1. The number of piperidine rings is 1. The number of anilines is 2. The highest BCUT2D eigenvalue weighted by Gasteiger charge is 2.25. The Bertz CT molecular complexity index is 1200. The fourth-order valence-corrected chi connectivity index (χ4v) is 4.18. The third kappa shape index (κ3) is 3.89. The highest BCUT2D eigenvalue weighted by molar-refractivity contribution is 6.06. The Morgan fingerprint density at radius 3 is 2.47 bits per heavy atom. The van der Waals surface area contributed by atoms with Crippen LogP contribution in [0.1, 0.15) is 19.3 Å². The summed E-state index contributed by atoms with van der Waals surface area (Å²) >= 11 is 0. The van der Waals surface area contributed by atoms with E-state index in [-0.39, 0.29) is 12.4 Å². The molecular weight excluding hydrogens is 409 g/mol. The van der Waals surface area contributed by atoms with Crippen LogP contribution in [0.3, 0.4) is 0 Å². The summed E-state index contributed by atoms with van der Waals surface area (Å²) in [5.41, 5.74) is 2.94. The Morgan fingerprint density at radius 2 is 1.75 bits per heavy atom. The van der Waals surface area contributed by atoms with Crippen LogP contribution in [-0.2, 0) is 0 Å². The highest BCUT2D eigenvalue weighted by atomic mass is 19.1. The minimum atomic E-state index is -0.295. The van der Waals surface area contributed by atoms with Crippen molar-refractivity contribution in [3.8, 4) is 22.5 Å². The molecule has 8 heteroatoms. The van der Waals surface area contributed by atoms with Crippen molar-refractivity contribution in [2.45, 2.75) is 19.3 Å². The molecule has 32 heavy (non-hydrogen) atoms. The van der Waals surface area contributed by atoms with E-state index in [9.17, 15) is 4.39 Å². The maximum absolute atomic E-state index is 13.7. The van der Waals surface area contributed by atoms with Gasteiger partial charge in [0.1, 0.15) is 29.5 Å². The molecule has 0 spiro atoms. The first-order valence-corrected chi connectivity index (χ1v) is 10.8. The minimum absolute atomic E-state index is 0.0274. The summed E-state index contributed by atoms with van der Waals surface area (Å²) in [5, 5.41) is 12.9. The number of fused-ring (bicyclic) bond motifs is 1. The van der Waals surface area contributed by atoms with Crippen LogP contribution in [-0.4, -0.2) is 46.3 Å². The number of aliphatic hydroxyl groups excluding tert-OH is 1. The van der Waals surface area contributed by atoms with Gasteiger partial charge in [-0.1, -0.05) is 12.1 Å². The van der Waals surface area contributed by atoms with Crippen LogP contribution in [0.2, 0.25) is 0 Å². The highest BCUT2D eigenvalue weighted by Crippen LogP contribution is 2.43. The molecule has 0 radical (unpaired) electrons. The smallest absolute Gasteiger partial charge is 0.232 e. The fourth-order valence-electron chi connectivity index (χ4n) is 4.18. The number of nitrogens with one attached hydrogen (secondary N) is 1. The maximum atomic E-state index is 13.7. The molecule has 0 atom stereocenters. The Balaban J connectivity index is 1.68. The lowest BCUT2D eigenvalue weighted by Gasteiger charge is -2.28. The van der Waals surface area contributed by atoms with Crippen LogP contribution in [0, 0.1) is 5.82 Å². The van der Waals surface area contributed by atoms with Gasteiger partial charge >= 0.3 is 0 Å². The van der Waals surface area contributed by atoms with Gasteiger partial charge in [-0.15, -0.1) is 0 Å². The topological polar surface area (TPSA) is 87.3 Å². The van der Waals surface area contributed by atoms with E-state index in [0.717, 1.165) is 53.8 Å². The van der Waals surface area contributed by atoms with Gasteiger partial charge in [0.25, 0.3) is 0 Å². The van der Waals surface area contributed by atoms with Crippen LogP contribution in [0.5, 0.6) is 0 Å². The number of hydrogen-bond donors (Lipinski definition) is 2. The van der Waals surface area contributed by atoms with Gasteiger partial charge in [0.05, 0.1) is 12.0 Å². The van der Waals surface area contributed by atoms with Crippen molar-refractivity contribution >= 4 is 22.7 Å². The predicted octanol–water partition coefficient (Wildman–Crippen LogP) is 4.49. The molecule has 0 amide bonds. The second kappa shape index (κ2) is 8.92. The molecule has 4 aromatic rings. The SMILES string of the molecule is OCCNc1ccc(-c2oc3ncnc(N4CCCCC4)c3c2-c2ccc(F)cc2)cn1. The van der Waals surface area contributed by atoms with Crippen molar-refractivity contribution in [3.05, 3.63) is 54.7 Å². The molecule has 7 nitrogen and oxygen atoms in total. The molecule has 164 valence electrons. The zero-order chi connectivity index (χ0) is 21.9. The first kappa shape index (κ1) is 20.4. The Kier molecular flexibility index (Phi) is 5.68. The number of nitrogens with zero attached hydrogens (tertiary/aromatic N) is 4. The van der Waals surface area contributed by atoms with Gasteiger partial charge in [-0.25, -0.2) is 19.3 Å². The Hall–Kier alpha value is -3.52. The lowest BCUT2D eigenvalue weighted by molar-refractivity contribution is 0.311. The quantitative estimate of drug-likeness (QED) is 0.463. The molecule has 1 aliphatic heterocycles. The largest absolute Gasteiger partial charge is 0.437 e. The molecule has 0 bridgehead atoms. The average molecular weight is 433 g/mol. The first-order chi connectivity index (χ1) is 15.7. The summed E-state index contributed by atoms with van der Waals surface area (Å²) in [7, 11) is 0. The number of aliphatic hydroxyl groups is 1. The summed E-state index contributed by atoms with van der Waals surface area (Å²) in [4.78, 5) is 15.7. The van der Waals surface area contributed by atoms with Crippen molar-refractivity contribution in [1.29, 1.82) is 0 Å². The third-order valence-electron chi connectivity index (χ3n) is 5.70. The zero-order valence-electron chi connectivity index (χ0n) is 17.6. The molecule has 1 aliphatic rings. The van der Waals surface area contributed by atoms with Gasteiger partial charge in [0.2, 0.25) is 5.71 Å². The van der Waals surface area contributed by atoms with Gasteiger partial charge in [-0.05, 0) is 49.1 Å². The van der Waals surface area contributed by atoms with E-state index in [0.29, 0.717) is 23.8 Å². The van der Waals surface area contributed by atoms with Crippen LogP contribution in [0.25, 0.3) is 33.6 Å². The molecule has 5 rings (SSSR count). The van der Waals surface area contributed by atoms with Gasteiger partial charge in [-0.2, -0.15) is 0 Å². The van der Waals surface area contributed by atoms with Crippen molar-refractivity contribution < 1.29 is 13.9 Å². The summed E-state index contributed by atoms with van der Waals surface area (Å²) < 4.78 is 19.9. The van der Waals surface area contributed by atoms with Crippen molar-refractivity contribution in [1.82, 2.24) is 15.0 Å². The maximum Gasteiger partial charge on any atom is 0.232 e. The summed E-state index contributed by atoms with van der Waals surface area (Å²) in [6.07, 6.45) is 6.71. The van der Waals surface area contributed by atoms with Crippen molar-refractivity contribution in [2.75, 3.05) is 36.5 Å². The van der Waals surface area contributed by atoms with E-state index < -0.39 is 0 Å². The van der Waals surface area contributed by atoms with Gasteiger partial charge in [-0.3, -0.25) is 0 Å². The van der Waals surface area contributed by atoms with E-state index in [4.69, 9.17) is 9.52 Å². The molecule has 0 aliphatic carbocycles. The molecule has 3 aromatic heterocycles. The monoisotopic (exact) mass is 433 g/mol. The molecule has 4 heterocycles.